The number of aromatic nitrogens is 1. The summed E-state index contributed by atoms with van der Waals surface area (Å²) in [4.78, 5) is 3.67. The molecule has 0 radical (unpaired) electrons. The number of rotatable bonds is 4. The Morgan fingerprint density at radius 1 is 1.04 bits per heavy atom. The molecule has 0 aliphatic carbocycles. The quantitative estimate of drug-likeness (QED) is 0.443. The highest BCUT2D eigenvalue weighted by atomic mass is 79.9. The Hall–Kier alpha value is -2.04. The summed E-state index contributed by atoms with van der Waals surface area (Å²) in [6.07, 6.45) is 4.29. The van der Waals surface area contributed by atoms with E-state index in [1.807, 2.05) is 17.8 Å². The molecule has 0 unspecified atom stereocenters. The fourth-order valence-corrected chi connectivity index (χ4v) is 4.80. The van der Waals surface area contributed by atoms with Gasteiger partial charge in [0.25, 0.3) is 0 Å². The maximum absolute atomic E-state index is 3.96. The number of anilines is 1. The van der Waals surface area contributed by atoms with Crippen molar-refractivity contribution in [2.75, 3.05) is 11.4 Å². The van der Waals surface area contributed by atoms with E-state index in [1.54, 1.807) is 0 Å². The van der Waals surface area contributed by atoms with Gasteiger partial charge in [-0.25, -0.2) is 0 Å². The summed E-state index contributed by atoms with van der Waals surface area (Å²) in [6, 6.07) is 17.8. The third kappa shape index (κ3) is 3.76. The maximum Gasteiger partial charge on any atom is 0.212 e. The first-order chi connectivity index (χ1) is 13.1. The summed E-state index contributed by atoms with van der Waals surface area (Å²) in [7, 11) is 0. The second-order valence-electron chi connectivity index (χ2n) is 7.02. The molecule has 1 aromatic heterocycles. The van der Waals surface area contributed by atoms with Gasteiger partial charge in [0.05, 0.1) is 10.7 Å². The normalized spacial score (nSPS) is 14.2. The van der Waals surface area contributed by atoms with E-state index in [0.29, 0.717) is 0 Å². The van der Waals surface area contributed by atoms with E-state index in [0.717, 1.165) is 13.1 Å². The predicted molar refractivity (Wildman–Crippen MR) is 117 cm³/mol. The van der Waals surface area contributed by atoms with Gasteiger partial charge in [0.2, 0.25) is 11.2 Å². The van der Waals surface area contributed by atoms with E-state index in [4.69, 9.17) is 0 Å². The molecule has 2 aromatic carbocycles. The second kappa shape index (κ2) is 8.54. The maximum atomic E-state index is 3.96. The van der Waals surface area contributed by atoms with Gasteiger partial charge in [0, 0.05) is 35.0 Å². The van der Waals surface area contributed by atoms with Crippen LogP contribution in [0.5, 0.6) is 0 Å². The lowest BCUT2D eigenvalue weighted by atomic mass is 10.1. The lowest BCUT2D eigenvalue weighted by Crippen LogP contribution is -3.00. The molecule has 28 heavy (non-hydrogen) atoms. The zero-order valence-corrected chi connectivity index (χ0v) is 19.0. The van der Waals surface area contributed by atoms with Crippen molar-refractivity contribution >= 4 is 34.4 Å². The molecule has 0 fully saturated rings. The number of halogens is 1. The minimum atomic E-state index is 0. The van der Waals surface area contributed by atoms with Crippen LogP contribution in [0.4, 0.5) is 5.69 Å². The Morgan fingerprint density at radius 3 is 2.54 bits per heavy atom. The van der Waals surface area contributed by atoms with E-state index in [1.165, 1.54) is 43.3 Å². The average Bonchev–Trinajstić information content (AvgIpc) is 2.98. The van der Waals surface area contributed by atoms with Gasteiger partial charge in [-0.3, -0.25) is 0 Å². The van der Waals surface area contributed by atoms with Crippen LogP contribution >= 0.6 is 11.8 Å². The number of thioether (sulfide) groups is 1. The number of nitrogens with zero attached hydrogens (tertiary/aromatic N) is 2. The van der Waals surface area contributed by atoms with Crippen molar-refractivity contribution in [1.82, 2.24) is 0 Å². The van der Waals surface area contributed by atoms with Crippen molar-refractivity contribution in [3.63, 3.8) is 0 Å². The van der Waals surface area contributed by atoms with Crippen LogP contribution in [0.25, 0.3) is 17.0 Å². The number of aryl methyl sites for hydroxylation is 3. The SMILES string of the molecule is C=CCN1/C(=C/c2ccc3cc(C)ccc3[n+]2CC)Sc2ccc(C)cc21.[Br-]. The minimum absolute atomic E-state index is 0. The Morgan fingerprint density at radius 2 is 1.79 bits per heavy atom. The molecular formula is C24H25BrN2S. The van der Waals surface area contributed by atoms with E-state index in [-0.39, 0.29) is 17.0 Å². The van der Waals surface area contributed by atoms with Crippen LogP contribution in [0, 0.1) is 13.8 Å². The zero-order valence-electron chi connectivity index (χ0n) is 16.6. The third-order valence-corrected chi connectivity index (χ3v) is 6.12. The summed E-state index contributed by atoms with van der Waals surface area (Å²) in [5, 5.41) is 2.55. The molecule has 0 spiro atoms. The van der Waals surface area contributed by atoms with Gasteiger partial charge in [-0.1, -0.05) is 35.5 Å². The van der Waals surface area contributed by atoms with Crippen LogP contribution in [0.1, 0.15) is 23.7 Å². The first-order valence-corrected chi connectivity index (χ1v) is 10.2. The van der Waals surface area contributed by atoms with Gasteiger partial charge >= 0.3 is 0 Å². The van der Waals surface area contributed by atoms with Crippen molar-refractivity contribution < 1.29 is 21.5 Å². The van der Waals surface area contributed by atoms with Gasteiger partial charge in [-0.15, -0.1) is 6.58 Å². The average molecular weight is 453 g/mol. The third-order valence-electron chi connectivity index (χ3n) is 5.00. The van der Waals surface area contributed by atoms with Gasteiger partial charge in [0.15, 0.2) is 0 Å². The smallest absolute Gasteiger partial charge is 0.212 e. The number of benzene rings is 2. The molecular weight excluding hydrogens is 428 g/mol. The largest absolute Gasteiger partial charge is 1.00 e. The van der Waals surface area contributed by atoms with Crippen molar-refractivity contribution in [3.8, 4) is 0 Å². The molecule has 0 bridgehead atoms. The Bertz CT molecular complexity index is 1070. The highest BCUT2D eigenvalue weighted by Crippen LogP contribution is 2.46. The van der Waals surface area contributed by atoms with Gasteiger partial charge in [0.1, 0.15) is 6.54 Å². The predicted octanol–water partition coefficient (Wildman–Crippen LogP) is 2.86. The van der Waals surface area contributed by atoms with Crippen LogP contribution in [0.15, 0.2) is 71.1 Å². The summed E-state index contributed by atoms with van der Waals surface area (Å²) in [5.41, 5.74) is 6.38. The Labute approximate surface area is 182 Å². The number of hydrogen-bond acceptors (Lipinski definition) is 2. The van der Waals surface area contributed by atoms with Crippen LogP contribution in [0.2, 0.25) is 0 Å². The van der Waals surface area contributed by atoms with Crippen LogP contribution in [-0.4, -0.2) is 6.54 Å². The van der Waals surface area contributed by atoms with E-state index < -0.39 is 0 Å². The molecule has 0 atom stereocenters. The molecule has 2 nitrogen and oxygen atoms in total. The fourth-order valence-electron chi connectivity index (χ4n) is 3.70. The summed E-state index contributed by atoms with van der Waals surface area (Å²) in [5.74, 6) is 0. The van der Waals surface area contributed by atoms with E-state index in [2.05, 4.69) is 91.4 Å². The minimum Gasteiger partial charge on any atom is -1.00 e. The Balaban J connectivity index is 0.00000225. The fraction of sp³-hybridized carbons (Fsp3) is 0.208. The molecule has 3 aromatic rings. The van der Waals surface area contributed by atoms with Crippen molar-refractivity contribution in [2.24, 2.45) is 0 Å². The lowest BCUT2D eigenvalue weighted by Gasteiger charge is -2.18. The molecule has 0 N–H and O–H groups in total. The first-order valence-electron chi connectivity index (χ1n) is 9.42. The summed E-state index contributed by atoms with van der Waals surface area (Å²) < 4.78 is 2.39. The highest BCUT2D eigenvalue weighted by Gasteiger charge is 2.26. The molecule has 144 valence electrons. The molecule has 0 amide bonds. The summed E-state index contributed by atoms with van der Waals surface area (Å²) >= 11 is 1.84. The lowest BCUT2D eigenvalue weighted by molar-refractivity contribution is -0.669. The van der Waals surface area contributed by atoms with Crippen molar-refractivity contribution in [3.05, 3.63) is 83.0 Å². The Kier molecular flexibility index (Phi) is 6.31. The molecule has 1 aliphatic heterocycles. The molecule has 0 saturated heterocycles. The molecule has 0 saturated carbocycles. The summed E-state index contributed by atoms with van der Waals surface area (Å²) in [6.45, 7) is 12.2. The van der Waals surface area contributed by atoms with E-state index in [9.17, 15) is 0 Å². The van der Waals surface area contributed by atoms with Crippen molar-refractivity contribution in [1.29, 1.82) is 0 Å². The first kappa shape index (κ1) is 20.7. The monoisotopic (exact) mass is 452 g/mol. The van der Waals surface area contributed by atoms with E-state index >= 15 is 0 Å². The second-order valence-corrected chi connectivity index (χ2v) is 8.08. The highest BCUT2D eigenvalue weighted by molar-refractivity contribution is 8.03. The van der Waals surface area contributed by atoms with Gasteiger partial charge in [-0.05, 0) is 50.6 Å². The van der Waals surface area contributed by atoms with Gasteiger partial charge < -0.3 is 21.9 Å². The number of fused-ring (bicyclic) bond motifs is 2. The van der Waals surface area contributed by atoms with Crippen LogP contribution in [-0.2, 0) is 6.54 Å². The molecule has 4 heteroatoms. The standard InChI is InChI=1S/C24H25N2S.BrH/c1-5-13-26-22-15-18(4)8-12-23(22)27-24(26)16-20-10-9-19-14-17(3)7-11-21(19)25(20)6-2;/h5,7-12,14-16H,1,6,13H2,2-4H3;1H/q+1;/p-1. The van der Waals surface area contributed by atoms with Crippen LogP contribution < -0.4 is 26.4 Å². The molecule has 2 heterocycles. The number of pyridine rings is 1. The molecule has 4 rings (SSSR count). The topological polar surface area (TPSA) is 7.12 Å². The van der Waals surface area contributed by atoms with Gasteiger partial charge in [-0.2, -0.15) is 4.57 Å². The van der Waals surface area contributed by atoms with Crippen LogP contribution in [0.3, 0.4) is 0 Å². The molecule has 1 aliphatic rings. The van der Waals surface area contributed by atoms with Crippen molar-refractivity contribution in [2.45, 2.75) is 32.2 Å². The number of hydrogen-bond donors (Lipinski definition) is 0. The zero-order chi connectivity index (χ0) is 19.0.